The van der Waals surface area contributed by atoms with E-state index in [-0.39, 0.29) is 5.82 Å². The van der Waals surface area contributed by atoms with Crippen LogP contribution in [0.3, 0.4) is 0 Å². The molecule has 0 amide bonds. The van der Waals surface area contributed by atoms with Crippen LogP contribution in [0.25, 0.3) is 0 Å². The lowest BCUT2D eigenvalue weighted by Gasteiger charge is -2.36. The predicted octanol–water partition coefficient (Wildman–Crippen LogP) is 2.78. The highest BCUT2D eigenvalue weighted by molar-refractivity contribution is 5.78. The Morgan fingerprint density at radius 3 is 2.70 bits per heavy atom. The zero-order valence-electron chi connectivity index (χ0n) is 11.7. The molecule has 2 aliphatic rings. The van der Waals surface area contributed by atoms with Crippen LogP contribution in [-0.2, 0) is 0 Å². The van der Waals surface area contributed by atoms with Gasteiger partial charge in [0.2, 0.25) is 0 Å². The zero-order chi connectivity index (χ0) is 13.9. The molecule has 108 valence electrons. The number of nitrogens with zero attached hydrogens (tertiary/aromatic N) is 1. The Balaban J connectivity index is 1.44. The van der Waals surface area contributed by atoms with Gasteiger partial charge in [-0.25, -0.2) is 4.39 Å². The Hall–Kier alpha value is -1.58. The molecule has 0 atom stereocenters. The van der Waals surface area contributed by atoms with Crippen molar-refractivity contribution in [3.8, 4) is 0 Å². The second-order valence-electron chi connectivity index (χ2n) is 6.05. The maximum absolute atomic E-state index is 13.6. The molecule has 0 heterocycles. The molecule has 0 saturated heterocycles. The summed E-state index contributed by atoms with van der Waals surface area (Å²) in [6.07, 6.45) is 5.77. The monoisotopic (exact) mass is 275 g/mol. The van der Waals surface area contributed by atoms with Gasteiger partial charge in [0.25, 0.3) is 0 Å². The largest absolute Gasteiger partial charge is 0.370 e. The van der Waals surface area contributed by atoms with Gasteiger partial charge in [-0.05, 0) is 49.1 Å². The standard InChI is InChI=1S/C16H22FN3/c17-15-7-2-1-6-14(15)12-8-13(9-12)20-16(18)19-10-11-4-3-5-11/h1-2,6-7,11-13H,3-5,8-10H2,(H3,18,19,20). The normalized spacial score (nSPS) is 26.8. The molecule has 0 bridgehead atoms. The molecule has 20 heavy (non-hydrogen) atoms. The number of benzene rings is 1. The summed E-state index contributed by atoms with van der Waals surface area (Å²) in [7, 11) is 0. The number of guanidine groups is 1. The van der Waals surface area contributed by atoms with E-state index in [2.05, 4.69) is 10.3 Å². The van der Waals surface area contributed by atoms with Crippen molar-refractivity contribution >= 4 is 5.96 Å². The molecule has 4 heteroatoms. The van der Waals surface area contributed by atoms with Gasteiger partial charge in [-0.3, -0.25) is 4.99 Å². The number of rotatable bonds is 4. The fourth-order valence-corrected chi connectivity index (χ4v) is 2.95. The minimum absolute atomic E-state index is 0.0948. The molecule has 2 aliphatic carbocycles. The van der Waals surface area contributed by atoms with Gasteiger partial charge < -0.3 is 11.1 Å². The van der Waals surface area contributed by atoms with E-state index in [9.17, 15) is 4.39 Å². The van der Waals surface area contributed by atoms with E-state index in [4.69, 9.17) is 5.73 Å². The van der Waals surface area contributed by atoms with Crippen LogP contribution in [0.4, 0.5) is 4.39 Å². The van der Waals surface area contributed by atoms with Crippen molar-refractivity contribution in [3.05, 3.63) is 35.6 Å². The molecule has 0 radical (unpaired) electrons. The molecule has 3 rings (SSSR count). The van der Waals surface area contributed by atoms with E-state index in [1.807, 2.05) is 12.1 Å². The molecular weight excluding hydrogens is 253 g/mol. The van der Waals surface area contributed by atoms with Crippen molar-refractivity contribution in [2.24, 2.45) is 16.6 Å². The molecule has 3 N–H and O–H groups in total. The maximum atomic E-state index is 13.6. The lowest BCUT2D eigenvalue weighted by atomic mass is 9.76. The number of hydrogen-bond acceptors (Lipinski definition) is 1. The minimum Gasteiger partial charge on any atom is -0.370 e. The van der Waals surface area contributed by atoms with Crippen LogP contribution in [0.5, 0.6) is 0 Å². The Morgan fingerprint density at radius 1 is 1.30 bits per heavy atom. The van der Waals surface area contributed by atoms with Crippen molar-refractivity contribution < 1.29 is 4.39 Å². The summed E-state index contributed by atoms with van der Waals surface area (Å²) >= 11 is 0. The average molecular weight is 275 g/mol. The van der Waals surface area contributed by atoms with Gasteiger partial charge in [0, 0.05) is 12.6 Å². The van der Waals surface area contributed by atoms with Crippen LogP contribution in [0.15, 0.2) is 29.3 Å². The van der Waals surface area contributed by atoms with Crippen LogP contribution in [-0.4, -0.2) is 18.5 Å². The molecule has 0 aliphatic heterocycles. The first-order valence-corrected chi connectivity index (χ1v) is 7.53. The smallest absolute Gasteiger partial charge is 0.188 e. The number of halogens is 1. The summed E-state index contributed by atoms with van der Waals surface area (Å²) in [6, 6.07) is 7.38. The van der Waals surface area contributed by atoms with Crippen molar-refractivity contribution in [1.82, 2.24) is 5.32 Å². The van der Waals surface area contributed by atoms with Crippen molar-refractivity contribution in [2.75, 3.05) is 6.54 Å². The maximum Gasteiger partial charge on any atom is 0.188 e. The molecule has 2 fully saturated rings. The fraction of sp³-hybridized carbons (Fsp3) is 0.562. The van der Waals surface area contributed by atoms with Gasteiger partial charge in [-0.1, -0.05) is 24.6 Å². The lowest BCUT2D eigenvalue weighted by Crippen LogP contribution is -2.47. The van der Waals surface area contributed by atoms with Gasteiger partial charge in [-0.15, -0.1) is 0 Å². The molecule has 1 aromatic rings. The Labute approximate surface area is 119 Å². The summed E-state index contributed by atoms with van der Waals surface area (Å²) in [5.41, 5.74) is 6.72. The zero-order valence-corrected chi connectivity index (χ0v) is 11.7. The van der Waals surface area contributed by atoms with Crippen LogP contribution in [0.2, 0.25) is 0 Å². The lowest BCUT2D eigenvalue weighted by molar-refractivity contribution is 0.312. The Morgan fingerprint density at radius 2 is 2.05 bits per heavy atom. The van der Waals surface area contributed by atoms with Crippen molar-refractivity contribution in [1.29, 1.82) is 0 Å². The van der Waals surface area contributed by atoms with Gasteiger partial charge in [0.15, 0.2) is 5.96 Å². The first-order chi connectivity index (χ1) is 9.72. The van der Waals surface area contributed by atoms with Crippen LogP contribution < -0.4 is 11.1 Å². The first kappa shape index (κ1) is 13.4. The minimum atomic E-state index is -0.0948. The van der Waals surface area contributed by atoms with Gasteiger partial charge in [-0.2, -0.15) is 0 Å². The topological polar surface area (TPSA) is 50.4 Å². The third-order valence-corrected chi connectivity index (χ3v) is 4.58. The van der Waals surface area contributed by atoms with Crippen molar-refractivity contribution in [3.63, 3.8) is 0 Å². The number of nitrogens with one attached hydrogen (secondary N) is 1. The quantitative estimate of drug-likeness (QED) is 0.656. The molecule has 0 spiro atoms. The SMILES string of the molecule is NC(=NCC1CCC1)NC1CC(c2ccccc2F)C1. The number of hydrogen-bond donors (Lipinski definition) is 2. The summed E-state index contributed by atoms with van der Waals surface area (Å²) in [5, 5.41) is 3.24. The second kappa shape index (κ2) is 5.81. The van der Waals surface area contributed by atoms with E-state index in [1.165, 1.54) is 25.3 Å². The van der Waals surface area contributed by atoms with Gasteiger partial charge in [0.1, 0.15) is 5.82 Å². The average Bonchev–Trinajstić information content (AvgIpc) is 2.33. The van der Waals surface area contributed by atoms with Crippen molar-refractivity contribution in [2.45, 2.75) is 44.1 Å². The second-order valence-corrected chi connectivity index (χ2v) is 6.05. The summed E-state index contributed by atoms with van der Waals surface area (Å²) < 4.78 is 13.6. The first-order valence-electron chi connectivity index (χ1n) is 7.53. The molecule has 3 nitrogen and oxygen atoms in total. The Kier molecular flexibility index (Phi) is 3.90. The molecular formula is C16H22FN3. The number of aliphatic imine (C=N–C) groups is 1. The van der Waals surface area contributed by atoms with E-state index in [1.54, 1.807) is 6.07 Å². The third-order valence-electron chi connectivity index (χ3n) is 4.58. The molecule has 2 saturated carbocycles. The van der Waals surface area contributed by atoms with Gasteiger partial charge in [0.05, 0.1) is 0 Å². The molecule has 0 aromatic heterocycles. The molecule has 0 unspecified atom stereocenters. The van der Waals surface area contributed by atoms with Crippen LogP contribution in [0, 0.1) is 11.7 Å². The van der Waals surface area contributed by atoms with Crippen LogP contribution in [0.1, 0.15) is 43.6 Å². The highest BCUT2D eigenvalue weighted by Crippen LogP contribution is 2.37. The highest BCUT2D eigenvalue weighted by atomic mass is 19.1. The Bertz CT molecular complexity index is 490. The van der Waals surface area contributed by atoms with E-state index >= 15 is 0 Å². The van der Waals surface area contributed by atoms with Crippen LogP contribution >= 0.6 is 0 Å². The van der Waals surface area contributed by atoms with E-state index in [0.29, 0.717) is 17.9 Å². The third kappa shape index (κ3) is 2.94. The summed E-state index contributed by atoms with van der Waals surface area (Å²) in [5.74, 6) is 1.51. The highest BCUT2D eigenvalue weighted by Gasteiger charge is 2.32. The fourth-order valence-electron chi connectivity index (χ4n) is 2.95. The summed E-state index contributed by atoms with van der Waals surface area (Å²) in [6.45, 7) is 0.849. The molecule has 1 aromatic carbocycles. The predicted molar refractivity (Wildman–Crippen MR) is 79.1 cm³/mol. The van der Waals surface area contributed by atoms with E-state index in [0.717, 1.165) is 30.9 Å². The van der Waals surface area contributed by atoms with Gasteiger partial charge >= 0.3 is 0 Å². The number of nitrogens with two attached hydrogens (primary N) is 1. The summed E-state index contributed by atoms with van der Waals surface area (Å²) in [4.78, 5) is 4.39. The van der Waals surface area contributed by atoms with E-state index < -0.39 is 0 Å².